The molecule has 2 fully saturated rings. The number of hydrogen-bond acceptors (Lipinski definition) is 6. The standard InChI is InChI=1S/C18H19FN4O3/c19-15-3-10(1-2-11(15)9-24)5-20-16-14(17(25)26)6-21-18(22-16)23-7-12-4-13(12)8-23/h1-3,6,12-13,24H,4-5,7-9H2,(H,25,26)(H,20,21,22). The van der Waals surface area contributed by atoms with Gasteiger partial charge in [0.1, 0.15) is 17.2 Å². The second kappa shape index (κ2) is 6.53. The third-order valence-electron chi connectivity index (χ3n) is 5.02. The number of aliphatic hydroxyl groups is 1. The van der Waals surface area contributed by atoms with Gasteiger partial charge in [-0.1, -0.05) is 12.1 Å². The van der Waals surface area contributed by atoms with Crippen LogP contribution in [0, 0.1) is 17.7 Å². The topological polar surface area (TPSA) is 98.6 Å². The number of carboxylic acids is 1. The Kier molecular flexibility index (Phi) is 4.20. The summed E-state index contributed by atoms with van der Waals surface area (Å²) in [6, 6.07) is 4.50. The summed E-state index contributed by atoms with van der Waals surface area (Å²) in [5.41, 5.74) is 0.820. The van der Waals surface area contributed by atoms with Crippen LogP contribution in [0.5, 0.6) is 0 Å². The van der Waals surface area contributed by atoms with Crippen molar-refractivity contribution >= 4 is 17.7 Å². The predicted octanol–water partition coefficient (Wildman–Crippen LogP) is 1.87. The van der Waals surface area contributed by atoms with E-state index in [-0.39, 0.29) is 30.1 Å². The Morgan fingerprint density at radius 1 is 1.35 bits per heavy atom. The number of carbonyl (C=O) groups is 1. The molecule has 7 nitrogen and oxygen atoms in total. The molecule has 4 rings (SSSR count). The van der Waals surface area contributed by atoms with E-state index in [0.717, 1.165) is 13.1 Å². The van der Waals surface area contributed by atoms with Gasteiger partial charge in [0, 0.05) is 31.4 Å². The van der Waals surface area contributed by atoms with E-state index < -0.39 is 11.8 Å². The Morgan fingerprint density at radius 2 is 2.12 bits per heavy atom. The first kappa shape index (κ1) is 16.7. The molecule has 8 heteroatoms. The molecule has 0 bridgehead atoms. The molecule has 0 radical (unpaired) electrons. The number of nitrogens with zero attached hydrogens (tertiary/aromatic N) is 3. The van der Waals surface area contributed by atoms with Gasteiger partial charge in [0.05, 0.1) is 6.61 Å². The molecule has 3 N–H and O–H groups in total. The number of fused-ring (bicyclic) bond motifs is 1. The number of piperidine rings is 1. The summed E-state index contributed by atoms with van der Waals surface area (Å²) in [4.78, 5) is 22.1. The number of aliphatic hydroxyl groups excluding tert-OH is 1. The summed E-state index contributed by atoms with van der Waals surface area (Å²) >= 11 is 0. The lowest BCUT2D eigenvalue weighted by Gasteiger charge is -2.19. The molecule has 1 aromatic heterocycles. The molecule has 1 aliphatic carbocycles. The maximum Gasteiger partial charge on any atom is 0.341 e. The lowest BCUT2D eigenvalue weighted by atomic mass is 10.1. The van der Waals surface area contributed by atoms with Crippen molar-refractivity contribution in [2.24, 2.45) is 11.8 Å². The van der Waals surface area contributed by atoms with Crippen molar-refractivity contribution in [3.8, 4) is 0 Å². The number of carboxylic acid groups (broad SMARTS) is 1. The number of benzene rings is 1. The minimum Gasteiger partial charge on any atom is -0.477 e. The Morgan fingerprint density at radius 3 is 2.77 bits per heavy atom. The van der Waals surface area contributed by atoms with E-state index in [4.69, 9.17) is 5.11 Å². The van der Waals surface area contributed by atoms with Gasteiger partial charge in [0.15, 0.2) is 0 Å². The van der Waals surface area contributed by atoms with Gasteiger partial charge in [0.2, 0.25) is 5.95 Å². The Bertz CT molecular complexity index is 850. The molecule has 2 heterocycles. The fraction of sp³-hybridized carbons (Fsp3) is 0.389. The van der Waals surface area contributed by atoms with Gasteiger partial charge in [-0.3, -0.25) is 0 Å². The zero-order valence-corrected chi connectivity index (χ0v) is 14.0. The predicted molar refractivity (Wildman–Crippen MR) is 92.5 cm³/mol. The first-order valence-corrected chi connectivity index (χ1v) is 8.52. The Labute approximate surface area is 149 Å². The molecule has 1 aliphatic heterocycles. The number of halogens is 1. The summed E-state index contributed by atoms with van der Waals surface area (Å²) in [6.45, 7) is 1.66. The molecular formula is C18H19FN4O3. The largest absolute Gasteiger partial charge is 0.477 e. The van der Waals surface area contributed by atoms with E-state index in [1.165, 1.54) is 24.8 Å². The average molecular weight is 358 g/mol. The normalized spacial score (nSPS) is 20.8. The highest BCUT2D eigenvalue weighted by molar-refractivity contribution is 5.92. The number of hydrogen-bond donors (Lipinski definition) is 3. The number of anilines is 2. The minimum atomic E-state index is -1.12. The van der Waals surface area contributed by atoms with Crippen LogP contribution in [0.25, 0.3) is 0 Å². The van der Waals surface area contributed by atoms with Gasteiger partial charge in [-0.05, 0) is 29.9 Å². The van der Waals surface area contributed by atoms with Gasteiger partial charge < -0.3 is 20.4 Å². The van der Waals surface area contributed by atoms with E-state index in [1.807, 2.05) is 0 Å². The number of rotatable bonds is 6. The van der Waals surface area contributed by atoms with E-state index in [9.17, 15) is 14.3 Å². The minimum absolute atomic E-state index is 0.0226. The Hall–Kier alpha value is -2.74. The second-order valence-electron chi connectivity index (χ2n) is 6.84. The summed E-state index contributed by atoms with van der Waals surface area (Å²) in [6.07, 6.45) is 2.57. The Balaban J connectivity index is 1.53. The summed E-state index contributed by atoms with van der Waals surface area (Å²) in [5.74, 6) is 0.542. The van der Waals surface area contributed by atoms with Crippen molar-refractivity contribution < 1.29 is 19.4 Å². The third kappa shape index (κ3) is 3.20. The van der Waals surface area contributed by atoms with Crippen LogP contribution in [0.4, 0.5) is 16.2 Å². The van der Waals surface area contributed by atoms with Crippen LogP contribution in [-0.2, 0) is 13.2 Å². The molecule has 26 heavy (non-hydrogen) atoms. The van der Waals surface area contributed by atoms with Gasteiger partial charge in [-0.15, -0.1) is 0 Å². The van der Waals surface area contributed by atoms with Crippen molar-refractivity contribution in [1.82, 2.24) is 9.97 Å². The highest BCUT2D eigenvalue weighted by Gasteiger charge is 2.45. The third-order valence-corrected chi connectivity index (χ3v) is 5.02. The average Bonchev–Trinajstić information content (AvgIpc) is 3.25. The number of aromatic carboxylic acids is 1. The molecule has 1 saturated heterocycles. The fourth-order valence-corrected chi connectivity index (χ4v) is 3.39. The van der Waals surface area contributed by atoms with Crippen molar-refractivity contribution in [3.05, 3.63) is 46.9 Å². The van der Waals surface area contributed by atoms with Gasteiger partial charge in [0.25, 0.3) is 0 Å². The molecule has 0 spiro atoms. The van der Waals surface area contributed by atoms with Crippen molar-refractivity contribution in [2.45, 2.75) is 19.6 Å². The molecule has 2 unspecified atom stereocenters. The lowest BCUT2D eigenvalue weighted by Crippen LogP contribution is -2.25. The molecule has 2 aliphatic rings. The van der Waals surface area contributed by atoms with Crippen LogP contribution in [0.3, 0.4) is 0 Å². The monoisotopic (exact) mass is 358 g/mol. The van der Waals surface area contributed by atoms with Crippen molar-refractivity contribution in [2.75, 3.05) is 23.3 Å². The fourth-order valence-electron chi connectivity index (χ4n) is 3.39. The van der Waals surface area contributed by atoms with Crippen LogP contribution in [0.15, 0.2) is 24.4 Å². The quantitative estimate of drug-likeness (QED) is 0.725. The summed E-state index contributed by atoms with van der Waals surface area (Å²) in [5, 5.41) is 21.4. The van der Waals surface area contributed by atoms with Crippen LogP contribution < -0.4 is 10.2 Å². The van der Waals surface area contributed by atoms with Gasteiger partial charge >= 0.3 is 5.97 Å². The number of nitrogens with one attached hydrogen (secondary N) is 1. The molecule has 2 atom stereocenters. The smallest absolute Gasteiger partial charge is 0.341 e. The zero-order valence-electron chi connectivity index (χ0n) is 14.0. The molecule has 1 aromatic carbocycles. The SMILES string of the molecule is O=C(O)c1cnc(N2CC3CC3C2)nc1NCc1ccc(CO)c(F)c1. The van der Waals surface area contributed by atoms with Crippen molar-refractivity contribution in [1.29, 1.82) is 0 Å². The maximum atomic E-state index is 13.8. The molecular weight excluding hydrogens is 339 g/mol. The van der Waals surface area contributed by atoms with E-state index in [0.29, 0.717) is 23.3 Å². The molecule has 2 aromatic rings. The van der Waals surface area contributed by atoms with E-state index >= 15 is 0 Å². The first-order valence-electron chi connectivity index (χ1n) is 8.52. The van der Waals surface area contributed by atoms with Crippen LogP contribution >= 0.6 is 0 Å². The van der Waals surface area contributed by atoms with E-state index in [2.05, 4.69) is 20.2 Å². The van der Waals surface area contributed by atoms with Gasteiger partial charge in [-0.25, -0.2) is 14.2 Å². The molecule has 1 saturated carbocycles. The van der Waals surface area contributed by atoms with Crippen LogP contribution in [0.1, 0.15) is 27.9 Å². The number of aromatic nitrogens is 2. The van der Waals surface area contributed by atoms with Crippen molar-refractivity contribution in [3.63, 3.8) is 0 Å². The van der Waals surface area contributed by atoms with E-state index in [1.54, 1.807) is 6.07 Å². The highest BCUT2D eigenvalue weighted by Crippen LogP contribution is 2.45. The lowest BCUT2D eigenvalue weighted by molar-refractivity contribution is 0.0697. The molecule has 0 amide bonds. The zero-order chi connectivity index (χ0) is 18.3. The van der Waals surface area contributed by atoms with Crippen LogP contribution in [0.2, 0.25) is 0 Å². The summed E-state index contributed by atoms with van der Waals surface area (Å²) in [7, 11) is 0. The van der Waals surface area contributed by atoms with Crippen LogP contribution in [-0.4, -0.2) is 39.2 Å². The van der Waals surface area contributed by atoms with Gasteiger partial charge in [-0.2, -0.15) is 4.98 Å². The summed E-state index contributed by atoms with van der Waals surface area (Å²) < 4.78 is 13.8. The maximum absolute atomic E-state index is 13.8. The highest BCUT2D eigenvalue weighted by atomic mass is 19.1. The molecule has 136 valence electrons. The second-order valence-corrected chi connectivity index (χ2v) is 6.84. The first-order chi connectivity index (χ1) is 12.5.